The Bertz CT molecular complexity index is 551. The molecule has 0 bridgehead atoms. The molecule has 0 spiro atoms. The molecule has 1 aliphatic heterocycles. The largest absolute Gasteiger partial charge is 0.497 e. The lowest BCUT2D eigenvalue weighted by Gasteiger charge is -2.31. The Balaban J connectivity index is 1.95. The molecule has 7 nitrogen and oxygen atoms in total. The number of carbonyl (C=O) groups is 2. The molecular formula is C16H21NO6. The van der Waals surface area contributed by atoms with Gasteiger partial charge in [-0.1, -0.05) is 0 Å². The van der Waals surface area contributed by atoms with Gasteiger partial charge >= 0.3 is 5.97 Å². The first-order valence-corrected chi connectivity index (χ1v) is 7.37. The molecular weight excluding hydrogens is 302 g/mol. The summed E-state index contributed by atoms with van der Waals surface area (Å²) in [5.74, 6) is 0.217. The van der Waals surface area contributed by atoms with Gasteiger partial charge in [0.2, 0.25) is 5.91 Å². The molecule has 1 aromatic rings. The van der Waals surface area contributed by atoms with Gasteiger partial charge in [0.1, 0.15) is 11.5 Å². The van der Waals surface area contributed by atoms with Crippen LogP contribution >= 0.6 is 0 Å². The Morgan fingerprint density at radius 3 is 2.48 bits per heavy atom. The topological polar surface area (TPSA) is 85.3 Å². The van der Waals surface area contributed by atoms with E-state index in [0.29, 0.717) is 30.9 Å². The number of ether oxygens (including phenoxy) is 3. The number of benzene rings is 1. The van der Waals surface area contributed by atoms with E-state index in [1.165, 1.54) is 0 Å². The fourth-order valence-electron chi connectivity index (χ4n) is 2.45. The first kappa shape index (κ1) is 17.1. The van der Waals surface area contributed by atoms with Crippen molar-refractivity contribution in [3.63, 3.8) is 0 Å². The molecule has 1 aromatic carbocycles. The maximum atomic E-state index is 12.3. The average Bonchev–Trinajstić information content (AvgIpc) is 2.59. The van der Waals surface area contributed by atoms with Gasteiger partial charge in [-0.05, 0) is 24.1 Å². The van der Waals surface area contributed by atoms with Crippen LogP contribution in [0.2, 0.25) is 0 Å². The van der Waals surface area contributed by atoms with Crippen LogP contribution in [0, 0.1) is 0 Å². The number of aryl methyl sites for hydroxylation is 1. The van der Waals surface area contributed by atoms with E-state index in [-0.39, 0.29) is 19.1 Å². The van der Waals surface area contributed by atoms with Crippen molar-refractivity contribution >= 4 is 11.9 Å². The Hall–Kier alpha value is -2.28. The highest BCUT2D eigenvalue weighted by Crippen LogP contribution is 2.23. The van der Waals surface area contributed by atoms with E-state index < -0.39 is 12.1 Å². The molecule has 1 saturated heterocycles. The zero-order valence-corrected chi connectivity index (χ0v) is 13.3. The van der Waals surface area contributed by atoms with E-state index in [2.05, 4.69) is 0 Å². The van der Waals surface area contributed by atoms with Gasteiger partial charge in [0.05, 0.1) is 27.4 Å². The zero-order valence-electron chi connectivity index (χ0n) is 13.3. The number of methoxy groups -OCH3 is 2. The Kier molecular flexibility index (Phi) is 5.81. The highest BCUT2D eigenvalue weighted by molar-refractivity contribution is 5.79. The van der Waals surface area contributed by atoms with Crippen LogP contribution in [0.15, 0.2) is 18.2 Å². The van der Waals surface area contributed by atoms with Crippen LogP contribution in [-0.4, -0.2) is 61.9 Å². The fourth-order valence-corrected chi connectivity index (χ4v) is 2.45. The molecule has 1 heterocycles. The smallest absolute Gasteiger partial charge is 0.334 e. The van der Waals surface area contributed by atoms with Crippen LogP contribution in [0.1, 0.15) is 12.0 Å². The monoisotopic (exact) mass is 323 g/mol. The van der Waals surface area contributed by atoms with Crippen LogP contribution < -0.4 is 9.47 Å². The molecule has 0 aliphatic carbocycles. The summed E-state index contributed by atoms with van der Waals surface area (Å²) in [5, 5.41) is 8.97. The van der Waals surface area contributed by atoms with Gasteiger partial charge in [-0.2, -0.15) is 0 Å². The molecule has 23 heavy (non-hydrogen) atoms. The first-order valence-electron chi connectivity index (χ1n) is 7.37. The number of carboxylic acids is 1. The maximum Gasteiger partial charge on any atom is 0.334 e. The van der Waals surface area contributed by atoms with Crippen molar-refractivity contribution < 1.29 is 28.9 Å². The number of carbonyl (C=O) groups excluding carboxylic acids is 1. The van der Waals surface area contributed by atoms with Gasteiger partial charge in [0.25, 0.3) is 0 Å². The minimum absolute atomic E-state index is 0.0821. The zero-order chi connectivity index (χ0) is 16.8. The van der Waals surface area contributed by atoms with Gasteiger partial charge < -0.3 is 24.2 Å². The third-order valence-electron chi connectivity index (χ3n) is 3.73. The second kappa shape index (κ2) is 7.82. The number of carboxylic acid groups (broad SMARTS) is 1. The Morgan fingerprint density at radius 2 is 1.91 bits per heavy atom. The van der Waals surface area contributed by atoms with Crippen LogP contribution in [0.3, 0.4) is 0 Å². The lowest BCUT2D eigenvalue weighted by molar-refractivity contribution is -0.159. The number of hydrogen-bond donors (Lipinski definition) is 1. The van der Waals surface area contributed by atoms with Crippen molar-refractivity contribution in [3.8, 4) is 11.5 Å². The normalized spacial score (nSPS) is 17.7. The predicted molar refractivity (Wildman–Crippen MR) is 81.8 cm³/mol. The summed E-state index contributed by atoms with van der Waals surface area (Å²) >= 11 is 0. The number of nitrogens with zero attached hydrogens (tertiary/aromatic N) is 1. The third-order valence-corrected chi connectivity index (χ3v) is 3.73. The molecule has 1 aliphatic rings. The van der Waals surface area contributed by atoms with Crippen molar-refractivity contribution in [1.82, 2.24) is 4.90 Å². The highest BCUT2D eigenvalue weighted by atomic mass is 16.5. The molecule has 1 atom stereocenters. The van der Waals surface area contributed by atoms with Crippen molar-refractivity contribution in [2.75, 3.05) is 33.9 Å². The molecule has 126 valence electrons. The van der Waals surface area contributed by atoms with Crippen molar-refractivity contribution in [3.05, 3.63) is 23.8 Å². The third kappa shape index (κ3) is 4.59. The number of rotatable bonds is 6. The maximum absolute atomic E-state index is 12.3. The van der Waals surface area contributed by atoms with Crippen molar-refractivity contribution in [2.24, 2.45) is 0 Å². The number of amides is 1. The lowest BCUT2D eigenvalue weighted by atomic mass is 10.1. The molecule has 0 aromatic heterocycles. The lowest BCUT2D eigenvalue weighted by Crippen LogP contribution is -2.48. The van der Waals surface area contributed by atoms with Crippen LogP contribution in [0.5, 0.6) is 11.5 Å². The second-order valence-electron chi connectivity index (χ2n) is 5.26. The van der Waals surface area contributed by atoms with E-state index in [4.69, 9.17) is 19.3 Å². The van der Waals surface area contributed by atoms with E-state index in [1.54, 1.807) is 25.2 Å². The first-order chi connectivity index (χ1) is 11.0. The Labute approximate surface area is 134 Å². The second-order valence-corrected chi connectivity index (χ2v) is 5.26. The summed E-state index contributed by atoms with van der Waals surface area (Å²) in [6, 6.07) is 5.48. The Morgan fingerprint density at radius 1 is 1.26 bits per heavy atom. The average molecular weight is 323 g/mol. The van der Waals surface area contributed by atoms with Gasteiger partial charge in [-0.3, -0.25) is 4.79 Å². The quantitative estimate of drug-likeness (QED) is 0.839. The van der Waals surface area contributed by atoms with Crippen molar-refractivity contribution in [1.29, 1.82) is 0 Å². The molecule has 0 radical (unpaired) electrons. The summed E-state index contributed by atoms with van der Waals surface area (Å²) in [4.78, 5) is 24.8. The van der Waals surface area contributed by atoms with Gasteiger partial charge in [-0.15, -0.1) is 0 Å². The summed E-state index contributed by atoms with van der Waals surface area (Å²) in [6.45, 7) is 0.759. The number of morpholine rings is 1. The molecule has 0 saturated carbocycles. The van der Waals surface area contributed by atoms with Crippen LogP contribution in [0.4, 0.5) is 0 Å². The molecule has 2 rings (SSSR count). The highest BCUT2D eigenvalue weighted by Gasteiger charge is 2.28. The molecule has 0 unspecified atom stereocenters. The van der Waals surface area contributed by atoms with E-state index >= 15 is 0 Å². The van der Waals surface area contributed by atoms with E-state index in [1.807, 2.05) is 12.1 Å². The minimum Gasteiger partial charge on any atom is -0.497 e. The minimum atomic E-state index is -1.04. The number of hydrogen-bond acceptors (Lipinski definition) is 5. The van der Waals surface area contributed by atoms with Gasteiger partial charge in [0.15, 0.2) is 6.10 Å². The standard InChI is InChI=1S/C16H21NO6/c1-21-12-7-11(8-13(9-12)22-2)3-4-15(18)17-5-6-23-14(10-17)16(19)20/h7-9,14H,3-6,10H2,1-2H3,(H,19,20)/t14-/m0/s1. The SMILES string of the molecule is COc1cc(CCC(=O)N2CCO[C@H](C(=O)O)C2)cc(OC)c1. The predicted octanol–water partition coefficient (Wildman–Crippen LogP) is 0.948. The summed E-state index contributed by atoms with van der Waals surface area (Å²) < 4.78 is 15.5. The summed E-state index contributed by atoms with van der Waals surface area (Å²) in [7, 11) is 3.15. The van der Waals surface area contributed by atoms with E-state index in [9.17, 15) is 9.59 Å². The molecule has 1 amide bonds. The summed E-state index contributed by atoms with van der Waals surface area (Å²) in [6.07, 6.45) is -0.117. The van der Waals surface area contributed by atoms with Crippen LogP contribution in [-0.2, 0) is 20.7 Å². The number of aliphatic carboxylic acids is 1. The molecule has 1 N–H and O–H groups in total. The van der Waals surface area contributed by atoms with E-state index in [0.717, 1.165) is 5.56 Å². The van der Waals surface area contributed by atoms with Crippen LogP contribution in [0.25, 0.3) is 0 Å². The van der Waals surface area contributed by atoms with Crippen molar-refractivity contribution in [2.45, 2.75) is 18.9 Å². The summed E-state index contributed by atoms with van der Waals surface area (Å²) in [5.41, 5.74) is 0.928. The molecule has 7 heteroatoms. The fraction of sp³-hybridized carbons (Fsp3) is 0.500. The van der Waals surface area contributed by atoms with Gasteiger partial charge in [0, 0.05) is 19.0 Å². The molecule has 1 fully saturated rings. The van der Waals surface area contributed by atoms with Gasteiger partial charge in [-0.25, -0.2) is 4.79 Å².